The molecule has 1 unspecified atom stereocenters. The van der Waals surface area contributed by atoms with Gasteiger partial charge in [-0.25, -0.2) is 0 Å². The van der Waals surface area contributed by atoms with Crippen LogP contribution in [0.15, 0.2) is 0 Å². The molecule has 0 radical (unpaired) electrons. The molecule has 2 heteroatoms. The van der Waals surface area contributed by atoms with Crippen LogP contribution in [0.3, 0.4) is 0 Å². The molecule has 0 saturated carbocycles. The van der Waals surface area contributed by atoms with Gasteiger partial charge in [0.2, 0.25) is 0 Å². The number of alkyl halides is 1. The van der Waals surface area contributed by atoms with E-state index < -0.39 is 0 Å². The van der Waals surface area contributed by atoms with Crippen LogP contribution in [0.2, 0.25) is 0 Å². The zero-order valence-corrected chi connectivity index (χ0v) is 4.83. The maximum Gasteiger partial charge on any atom is 0.0678 e. The van der Waals surface area contributed by atoms with Gasteiger partial charge in [0, 0.05) is 13.0 Å². The quantitative estimate of drug-likeness (QED) is 0.484. The number of halogens is 1. The van der Waals surface area contributed by atoms with Crippen LogP contribution in [0.4, 0.5) is 0 Å². The molecule has 0 aromatic rings. The fraction of sp³-hybridized carbons (Fsp3) is 1.00. The molecule has 0 aromatic carbocycles. The van der Waals surface area contributed by atoms with Crippen LogP contribution in [0.25, 0.3) is 0 Å². The van der Waals surface area contributed by atoms with E-state index in [0.717, 1.165) is 0 Å². The third kappa shape index (κ3) is 2.49. The van der Waals surface area contributed by atoms with Gasteiger partial charge in [-0.3, -0.25) is 0 Å². The zero-order chi connectivity index (χ0) is 4.99. The normalized spacial score (nSPS) is 14.5. The summed E-state index contributed by atoms with van der Waals surface area (Å²) in [6, 6.07) is 0. The van der Waals surface area contributed by atoms with Crippen molar-refractivity contribution < 1.29 is 4.74 Å². The van der Waals surface area contributed by atoms with E-state index in [1.165, 1.54) is 0 Å². The Labute approximate surface area is 43.3 Å². The second-order valence-electron chi connectivity index (χ2n) is 1.20. The van der Waals surface area contributed by atoms with E-state index in [-0.39, 0.29) is 6.10 Å². The Hall–Kier alpha value is 0.250. The van der Waals surface area contributed by atoms with Crippen molar-refractivity contribution in [2.24, 2.45) is 0 Å². The van der Waals surface area contributed by atoms with Crippen LogP contribution in [0.1, 0.15) is 6.92 Å². The van der Waals surface area contributed by atoms with Gasteiger partial charge < -0.3 is 4.74 Å². The van der Waals surface area contributed by atoms with Crippen molar-refractivity contribution in [3.05, 3.63) is 0 Å². The molecule has 0 aliphatic heterocycles. The summed E-state index contributed by atoms with van der Waals surface area (Å²) in [6.07, 6.45) is 0.201. The van der Waals surface area contributed by atoms with Gasteiger partial charge in [0.15, 0.2) is 0 Å². The van der Waals surface area contributed by atoms with Gasteiger partial charge in [-0.15, -0.1) is 11.6 Å². The second kappa shape index (κ2) is 3.44. The highest BCUT2D eigenvalue weighted by Gasteiger charge is 1.90. The molecule has 0 saturated heterocycles. The first-order valence-electron chi connectivity index (χ1n) is 1.90. The first kappa shape index (κ1) is 6.25. The number of hydrogen-bond acceptors (Lipinski definition) is 1. The standard InChI is InChI=1S/C4H9ClO/c1-4(3-5)6-2/h4H,3H2,1-2H3. The van der Waals surface area contributed by atoms with E-state index in [1.807, 2.05) is 6.92 Å². The van der Waals surface area contributed by atoms with Crippen molar-refractivity contribution in [2.75, 3.05) is 13.0 Å². The summed E-state index contributed by atoms with van der Waals surface area (Å²) < 4.78 is 4.77. The summed E-state index contributed by atoms with van der Waals surface area (Å²) in [7, 11) is 1.65. The lowest BCUT2D eigenvalue weighted by Crippen LogP contribution is -2.04. The van der Waals surface area contributed by atoms with Crippen LogP contribution in [-0.4, -0.2) is 19.1 Å². The molecule has 0 bridgehead atoms. The highest BCUT2D eigenvalue weighted by atomic mass is 35.5. The Morgan fingerprint density at radius 3 is 2.33 bits per heavy atom. The first-order valence-corrected chi connectivity index (χ1v) is 2.43. The van der Waals surface area contributed by atoms with Gasteiger partial charge >= 0.3 is 0 Å². The largest absolute Gasteiger partial charge is 0.381 e. The minimum atomic E-state index is 0.201. The van der Waals surface area contributed by atoms with Gasteiger partial charge in [0.1, 0.15) is 0 Å². The Bertz CT molecular complexity index is 26.7. The van der Waals surface area contributed by atoms with E-state index in [1.54, 1.807) is 7.11 Å². The minimum absolute atomic E-state index is 0.201. The molecular formula is C4H9ClO. The summed E-state index contributed by atoms with van der Waals surface area (Å²) in [6.45, 7) is 1.92. The lowest BCUT2D eigenvalue weighted by Gasteiger charge is -1.99. The summed E-state index contributed by atoms with van der Waals surface area (Å²) >= 11 is 5.33. The number of ether oxygens (including phenoxy) is 1. The summed E-state index contributed by atoms with van der Waals surface area (Å²) in [4.78, 5) is 0. The van der Waals surface area contributed by atoms with Crippen molar-refractivity contribution in [1.82, 2.24) is 0 Å². The molecule has 0 aromatic heterocycles. The third-order valence-electron chi connectivity index (χ3n) is 0.620. The molecule has 0 rings (SSSR count). The fourth-order valence-electron chi connectivity index (χ4n) is 0.0630. The molecule has 38 valence electrons. The number of methoxy groups -OCH3 is 1. The van der Waals surface area contributed by atoms with Crippen molar-refractivity contribution in [3.63, 3.8) is 0 Å². The van der Waals surface area contributed by atoms with Gasteiger partial charge in [0.25, 0.3) is 0 Å². The van der Waals surface area contributed by atoms with Crippen molar-refractivity contribution in [3.8, 4) is 0 Å². The monoisotopic (exact) mass is 108 g/mol. The maximum atomic E-state index is 5.33. The molecule has 0 amide bonds. The highest BCUT2D eigenvalue weighted by molar-refractivity contribution is 6.18. The van der Waals surface area contributed by atoms with Gasteiger partial charge in [-0.05, 0) is 6.92 Å². The van der Waals surface area contributed by atoms with Crippen LogP contribution in [-0.2, 0) is 4.74 Å². The predicted molar refractivity (Wildman–Crippen MR) is 27.2 cm³/mol. The minimum Gasteiger partial charge on any atom is -0.381 e. The highest BCUT2D eigenvalue weighted by Crippen LogP contribution is 1.87. The number of hydrogen-bond donors (Lipinski definition) is 0. The lowest BCUT2D eigenvalue weighted by molar-refractivity contribution is 0.136. The Morgan fingerprint density at radius 2 is 2.33 bits per heavy atom. The van der Waals surface area contributed by atoms with Crippen molar-refractivity contribution in [2.45, 2.75) is 13.0 Å². The smallest absolute Gasteiger partial charge is 0.0678 e. The van der Waals surface area contributed by atoms with Gasteiger partial charge in [0.05, 0.1) is 6.10 Å². The van der Waals surface area contributed by atoms with Gasteiger partial charge in [-0.2, -0.15) is 0 Å². The number of rotatable bonds is 2. The average molecular weight is 109 g/mol. The third-order valence-corrected chi connectivity index (χ3v) is 1.05. The Morgan fingerprint density at radius 1 is 1.83 bits per heavy atom. The first-order chi connectivity index (χ1) is 2.81. The van der Waals surface area contributed by atoms with E-state index in [0.29, 0.717) is 5.88 Å². The Kier molecular flexibility index (Phi) is 3.58. The molecule has 0 spiro atoms. The molecule has 0 N–H and O–H groups in total. The SMILES string of the molecule is COC(C)CCl. The van der Waals surface area contributed by atoms with E-state index in [9.17, 15) is 0 Å². The second-order valence-corrected chi connectivity index (χ2v) is 1.51. The summed E-state index contributed by atoms with van der Waals surface area (Å²) in [5.41, 5.74) is 0. The Balaban J connectivity index is 2.75. The maximum absolute atomic E-state index is 5.33. The average Bonchev–Trinajstić information content (AvgIpc) is 1.65. The van der Waals surface area contributed by atoms with E-state index in [4.69, 9.17) is 16.3 Å². The topological polar surface area (TPSA) is 9.23 Å². The van der Waals surface area contributed by atoms with E-state index >= 15 is 0 Å². The molecular weight excluding hydrogens is 99.5 g/mol. The molecule has 0 fully saturated rings. The molecule has 0 heterocycles. The predicted octanol–water partition coefficient (Wildman–Crippen LogP) is 1.26. The van der Waals surface area contributed by atoms with Crippen LogP contribution in [0.5, 0.6) is 0 Å². The van der Waals surface area contributed by atoms with Gasteiger partial charge in [-0.1, -0.05) is 0 Å². The summed E-state index contributed by atoms with van der Waals surface area (Å²) in [5.74, 6) is 0.580. The lowest BCUT2D eigenvalue weighted by atomic mass is 10.5. The zero-order valence-electron chi connectivity index (χ0n) is 4.07. The van der Waals surface area contributed by atoms with Crippen molar-refractivity contribution in [1.29, 1.82) is 0 Å². The molecule has 1 nitrogen and oxygen atoms in total. The molecule has 6 heavy (non-hydrogen) atoms. The van der Waals surface area contributed by atoms with Crippen LogP contribution >= 0.6 is 11.6 Å². The molecule has 1 atom stereocenters. The summed E-state index contributed by atoms with van der Waals surface area (Å²) in [5, 5.41) is 0. The molecule has 0 aliphatic rings. The van der Waals surface area contributed by atoms with E-state index in [2.05, 4.69) is 0 Å². The van der Waals surface area contributed by atoms with Crippen LogP contribution < -0.4 is 0 Å². The fourth-order valence-corrected chi connectivity index (χ4v) is 0.189. The van der Waals surface area contributed by atoms with Crippen LogP contribution in [0, 0.1) is 0 Å². The molecule has 0 aliphatic carbocycles. The van der Waals surface area contributed by atoms with Crippen molar-refractivity contribution >= 4 is 11.6 Å².